The van der Waals surface area contributed by atoms with Crippen LogP contribution >= 0.6 is 0 Å². The molecule has 0 amide bonds. The van der Waals surface area contributed by atoms with Crippen LogP contribution in [0.5, 0.6) is 0 Å². The van der Waals surface area contributed by atoms with E-state index in [9.17, 15) is 4.79 Å². The van der Waals surface area contributed by atoms with Gasteiger partial charge in [0.05, 0.1) is 0 Å². The fraction of sp³-hybridized carbons (Fsp3) is 0.444. The lowest BCUT2D eigenvalue weighted by Crippen LogP contribution is -2.17. The standard InChI is InChI=1S/C5H10O2.C4H5NO/c1-5(2,3)7-4-6;1-2-4-6-5-3-1/h4H,1-3H3;1-5H. The molecule has 4 heteroatoms. The molecule has 4 nitrogen and oxygen atoms in total. The van der Waals surface area contributed by atoms with Crippen LogP contribution in [-0.4, -0.2) is 12.1 Å². The minimum atomic E-state index is -0.318. The number of nitrogens with one attached hydrogen (secondary N) is 1. The second kappa shape index (κ2) is 6.11. The lowest BCUT2D eigenvalue weighted by Gasteiger charge is -2.14. The Hall–Kier alpha value is -1.45. The number of hydrogen-bond acceptors (Lipinski definition) is 4. The van der Waals surface area contributed by atoms with Crippen molar-refractivity contribution in [2.24, 2.45) is 0 Å². The molecule has 0 aromatic heterocycles. The average molecular weight is 185 g/mol. The van der Waals surface area contributed by atoms with E-state index in [1.165, 1.54) is 0 Å². The largest absolute Gasteiger partial charge is 0.462 e. The Kier molecular flexibility index (Phi) is 5.43. The van der Waals surface area contributed by atoms with Crippen LogP contribution < -0.4 is 5.48 Å². The molecule has 13 heavy (non-hydrogen) atoms. The Morgan fingerprint density at radius 2 is 2.08 bits per heavy atom. The van der Waals surface area contributed by atoms with Crippen molar-refractivity contribution in [3.05, 3.63) is 24.6 Å². The van der Waals surface area contributed by atoms with Crippen LogP contribution in [0, 0.1) is 0 Å². The third kappa shape index (κ3) is 10.6. The van der Waals surface area contributed by atoms with Gasteiger partial charge in [0.25, 0.3) is 6.47 Å². The molecule has 0 spiro atoms. The highest BCUT2D eigenvalue weighted by molar-refractivity contribution is 5.37. The summed E-state index contributed by atoms with van der Waals surface area (Å²) >= 11 is 0. The maximum atomic E-state index is 9.60. The molecule has 0 aliphatic carbocycles. The molecular formula is C9H15NO3. The van der Waals surface area contributed by atoms with Gasteiger partial charge in [-0.1, -0.05) is 0 Å². The molecular weight excluding hydrogens is 170 g/mol. The van der Waals surface area contributed by atoms with Gasteiger partial charge in [-0.25, -0.2) is 5.48 Å². The molecule has 1 aliphatic heterocycles. The van der Waals surface area contributed by atoms with E-state index in [0.29, 0.717) is 6.47 Å². The minimum absolute atomic E-state index is 0.318. The molecule has 0 unspecified atom stereocenters. The van der Waals surface area contributed by atoms with E-state index in [-0.39, 0.29) is 5.60 Å². The lowest BCUT2D eigenvalue weighted by atomic mass is 10.2. The monoisotopic (exact) mass is 185 g/mol. The summed E-state index contributed by atoms with van der Waals surface area (Å²) in [5, 5.41) is 0. The Morgan fingerprint density at radius 3 is 2.15 bits per heavy atom. The molecule has 74 valence electrons. The summed E-state index contributed by atoms with van der Waals surface area (Å²) in [4.78, 5) is 14.2. The van der Waals surface area contributed by atoms with Crippen molar-refractivity contribution in [2.45, 2.75) is 26.4 Å². The van der Waals surface area contributed by atoms with Crippen LogP contribution in [0.2, 0.25) is 0 Å². The first-order valence-corrected chi connectivity index (χ1v) is 3.90. The Labute approximate surface area is 78.2 Å². The highest BCUT2D eigenvalue weighted by Gasteiger charge is 2.07. The molecule has 0 bridgehead atoms. The summed E-state index contributed by atoms with van der Waals surface area (Å²) < 4.78 is 4.55. The number of allylic oxidation sites excluding steroid dienone is 2. The maximum absolute atomic E-state index is 9.60. The molecule has 1 N–H and O–H groups in total. The zero-order chi connectivity index (χ0) is 10.2. The highest BCUT2D eigenvalue weighted by atomic mass is 16.6. The van der Waals surface area contributed by atoms with Crippen molar-refractivity contribution in [1.29, 1.82) is 0 Å². The summed E-state index contributed by atoms with van der Waals surface area (Å²) in [6.45, 7) is 5.92. The molecule has 0 aromatic carbocycles. The molecule has 1 rings (SSSR count). The second-order valence-electron chi connectivity index (χ2n) is 3.25. The number of hydroxylamine groups is 1. The third-order valence-electron chi connectivity index (χ3n) is 0.892. The Bertz CT molecular complexity index is 180. The number of rotatable bonds is 1. The van der Waals surface area contributed by atoms with Gasteiger partial charge in [-0.05, 0) is 32.9 Å². The van der Waals surface area contributed by atoms with Crippen molar-refractivity contribution in [1.82, 2.24) is 5.48 Å². The van der Waals surface area contributed by atoms with E-state index < -0.39 is 0 Å². The van der Waals surface area contributed by atoms with Gasteiger partial charge in [0.2, 0.25) is 0 Å². The molecule has 1 aliphatic rings. The quantitative estimate of drug-likeness (QED) is 0.629. The molecule has 0 saturated carbocycles. The van der Waals surface area contributed by atoms with Crippen LogP contribution in [0.3, 0.4) is 0 Å². The van der Waals surface area contributed by atoms with Crippen LogP contribution in [-0.2, 0) is 14.4 Å². The number of ether oxygens (including phenoxy) is 1. The summed E-state index contributed by atoms with van der Waals surface area (Å²) in [5.74, 6) is 0. The first-order chi connectivity index (χ1) is 6.06. The van der Waals surface area contributed by atoms with Crippen LogP contribution in [0.25, 0.3) is 0 Å². The third-order valence-corrected chi connectivity index (χ3v) is 0.892. The number of carbonyl (C=O) groups excluding carboxylic acids is 1. The van der Waals surface area contributed by atoms with Gasteiger partial charge in [-0.2, -0.15) is 0 Å². The van der Waals surface area contributed by atoms with Gasteiger partial charge in [-0.15, -0.1) is 0 Å². The van der Waals surface area contributed by atoms with Crippen molar-refractivity contribution in [3.63, 3.8) is 0 Å². The van der Waals surface area contributed by atoms with Crippen LogP contribution in [0.15, 0.2) is 24.6 Å². The van der Waals surface area contributed by atoms with E-state index in [1.54, 1.807) is 18.5 Å². The molecule has 0 saturated heterocycles. The molecule has 0 aromatic rings. The highest BCUT2D eigenvalue weighted by Crippen LogP contribution is 2.02. The van der Waals surface area contributed by atoms with E-state index in [2.05, 4.69) is 15.1 Å². The van der Waals surface area contributed by atoms with Crippen molar-refractivity contribution >= 4 is 6.47 Å². The van der Waals surface area contributed by atoms with Crippen LogP contribution in [0.4, 0.5) is 0 Å². The van der Waals surface area contributed by atoms with E-state index in [4.69, 9.17) is 0 Å². The van der Waals surface area contributed by atoms with Gasteiger partial charge in [0.1, 0.15) is 11.9 Å². The zero-order valence-electron chi connectivity index (χ0n) is 8.11. The predicted molar refractivity (Wildman–Crippen MR) is 49.4 cm³/mol. The minimum Gasteiger partial charge on any atom is -0.462 e. The SMILES string of the molecule is C1=CNOC=C1.CC(C)(C)OC=O. The van der Waals surface area contributed by atoms with Crippen LogP contribution in [0.1, 0.15) is 20.8 Å². The second-order valence-corrected chi connectivity index (χ2v) is 3.25. The molecule has 1 heterocycles. The van der Waals surface area contributed by atoms with Crippen molar-refractivity contribution in [3.8, 4) is 0 Å². The first-order valence-electron chi connectivity index (χ1n) is 3.90. The summed E-state index contributed by atoms with van der Waals surface area (Å²) in [6.07, 6.45) is 6.93. The molecule has 0 fully saturated rings. The average Bonchev–Trinajstić information content (AvgIpc) is 2.06. The Morgan fingerprint density at radius 1 is 1.38 bits per heavy atom. The lowest BCUT2D eigenvalue weighted by molar-refractivity contribution is -0.138. The van der Waals surface area contributed by atoms with Gasteiger partial charge < -0.3 is 9.57 Å². The zero-order valence-corrected chi connectivity index (χ0v) is 8.11. The smallest absolute Gasteiger partial charge is 0.293 e. The first kappa shape index (κ1) is 11.6. The van der Waals surface area contributed by atoms with Gasteiger partial charge in [0.15, 0.2) is 0 Å². The molecule has 0 atom stereocenters. The van der Waals surface area contributed by atoms with Crippen molar-refractivity contribution in [2.75, 3.05) is 0 Å². The van der Waals surface area contributed by atoms with E-state index >= 15 is 0 Å². The van der Waals surface area contributed by atoms with Gasteiger partial charge in [-0.3, -0.25) is 4.79 Å². The van der Waals surface area contributed by atoms with E-state index in [0.717, 1.165) is 0 Å². The fourth-order valence-corrected chi connectivity index (χ4v) is 0.402. The summed E-state index contributed by atoms with van der Waals surface area (Å²) in [5.41, 5.74) is 2.20. The predicted octanol–water partition coefficient (Wildman–Crippen LogP) is 1.51. The number of carbonyl (C=O) groups is 1. The Balaban J connectivity index is 0.000000223. The number of hydrogen-bond donors (Lipinski definition) is 1. The summed E-state index contributed by atoms with van der Waals surface area (Å²) in [6, 6.07) is 0. The van der Waals surface area contributed by atoms with E-state index in [1.807, 2.05) is 26.8 Å². The maximum Gasteiger partial charge on any atom is 0.293 e. The van der Waals surface area contributed by atoms with Gasteiger partial charge >= 0.3 is 0 Å². The van der Waals surface area contributed by atoms with Crippen molar-refractivity contribution < 1.29 is 14.4 Å². The molecule has 0 radical (unpaired) electrons. The summed E-state index contributed by atoms with van der Waals surface area (Å²) in [7, 11) is 0. The normalized spacial score (nSPS) is 13.2. The fourth-order valence-electron chi connectivity index (χ4n) is 0.402. The topological polar surface area (TPSA) is 47.6 Å². The van der Waals surface area contributed by atoms with Gasteiger partial charge in [0, 0.05) is 6.20 Å².